The topological polar surface area (TPSA) is 107 Å². The minimum Gasteiger partial charge on any atom is -0.493 e. The molecular weight excluding hydrogens is 434 g/mol. The number of rotatable bonds is 9. The van der Waals surface area contributed by atoms with E-state index in [1.807, 2.05) is 24.3 Å². The van der Waals surface area contributed by atoms with Gasteiger partial charge in [-0.25, -0.2) is 0 Å². The third-order valence-corrected chi connectivity index (χ3v) is 4.46. The molecule has 0 bridgehead atoms. The second kappa shape index (κ2) is 10.9. The lowest BCUT2D eigenvalue weighted by atomic mass is 10.1. The number of benzene rings is 2. The highest BCUT2D eigenvalue weighted by atomic mass is 35.5. The molecule has 0 radical (unpaired) electrons. The average Bonchev–Trinajstić information content (AvgIpc) is 3.20. The second-order valence-electron chi connectivity index (χ2n) is 6.48. The Labute approximate surface area is 189 Å². The number of ether oxygens (including phenoxy) is 3. The zero-order valence-electron chi connectivity index (χ0n) is 17.4. The van der Waals surface area contributed by atoms with Gasteiger partial charge in [-0.05, 0) is 42.8 Å². The second-order valence-corrected chi connectivity index (χ2v) is 6.89. The predicted molar refractivity (Wildman–Crippen MR) is 119 cm³/mol. The number of amides is 1. The molecule has 1 amide bonds. The highest BCUT2D eigenvalue weighted by molar-refractivity contribution is 6.32. The van der Waals surface area contributed by atoms with Crippen LogP contribution in [0.15, 0.2) is 58.6 Å². The van der Waals surface area contributed by atoms with Crippen molar-refractivity contribution in [3.05, 3.63) is 70.5 Å². The van der Waals surface area contributed by atoms with Gasteiger partial charge >= 0.3 is 0 Å². The number of halogens is 1. The van der Waals surface area contributed by atoms with Crippen molar-refractivity contribution >= 4 is 29.4 Å². The first-order valence-corrected chi connectivity index (χ1v) is 9.92. The van der Waals surface area contributed by atoms with E-state index >= 15 is 0 Å². The molecule has 0 fully saturated rings. The molecular formula is C23H20ClN3O5. The van der Waals surface area contributed by atoms with E-state index in [1.165, 1.54) is 6.08 Å². The summed E-state index contributed by atoms with van der Waals surface area (Å²) in [6, 6.07) is 15.7. The SMILES string of the molecule is COc1ccccc1OCCOc1ccc(/C=C(/C#N)C(=O)Nc2cc(C)on2)cc1Cl. The van der Waals surface area contributed by atoms with Crippen LogP contribution >= 0.6 is 11.6 Å². The number of nitrogens with one attached hydrogen (secondary N) is 1. The fourth-order valence-electron chi connectivity index (χ4n) is 2.69. The minimum atomic E-state index is -0.606. The lowest BCUT2D eigenvalue weighted by Gasteiger charge is -2.12. The Morgan fingerprint density at radius 2 is 1.88 bits per heavy atom. The van der Waals surface area contributed by atoms with Crippen LogP contribution in [0, 0.1) is 18.3 Å². The third-order valence-electron chi connectivity index (χ3n) is 4.17. The Morgan fingerprint density at radius 3 is 2.50 bits per heavy atom. The quantitative estimate of drug-likeness (QED) is 0.285. The summed E-state index contributed by atoms with van der Waals surface area (Å²) in [6.07, 6.45) is 1.42. The summed E-state index contributed by atoms with van der Waals surface area (Å²) >= 11 is 6.29. The Balaban J connectivity index is 1.58. The molecule has 0 aliphatic rings. The summed E-state index contributed by atoms with van der Waals surface area (Å²) in [7, 11) is 1.57. The summed E-state index contributed by atoms with van der Waals surface area (Å²) in [6.45, 7) is 2.24. The van der Waals surface area contributed by atoms with E-state index in [2.05, 4.69) is 10.5 Å². The first-order valence-electron chi connectivity index (χ1n) is 9.55. The summed E-state index contributed by atoms with van der Waals surface area (Å²) in [5.41, 5.74) is 0.455. The van der Waals surface area contributed by atoms with Gasteiger partial charge in [0.1, 0.15) is 36.4 Å². The third kappa shape index (κ3) is 6.03. The van der Waals surface area contributed by atoms with Crippen LogP contribution in [0.2, 0.25) is 5.02 Å². The predicted octanol–water partition coefficient (Wildman–Crippen LogP) is 4.65. The van der Waals surface area contributed by atoms with Gasteiger partial charge in [-0.3, -0.25) is 4.79 Å². The van der Waals surface area contributed by atoms with E-state index in [1.54, 1.807) is 44.4 Å². The molecule has 3 aromatic rings. The zero-order chi connectivity index (χ0) is 22.9. The molecule has 1 heterocycles. The van der Waals surface area contributed by atoms with Crippen LogP contribution in [-0.2, 0) is 4.79 Å². The molecule has 1 aromatic heterocycles. The van der Waals surface area contributed by atoms with Gasteiger partial charge in [0.25, 0.3) is 5.91 Å². The van der Waals surface area contributed by atoms with Gasteiger partial charge < -0.3 is 24.1 Å². The van der Waals surface area contributed by atoms with Crippen molar-refractivity contribution in [1.29, 1.82) is 5.26 Å². The number of aromatic nitrogens is 1. The molecule has 0 aliphatic heterocycles. The fourth-order valence-corrected chi connectivity index (χ4v) is 2.93. The molecule has 2 aromatic carbocycles. The van der Waals surface area contributed by atoms with E-state index in [4.69, 9.17) is 30.3 Å². The van der Waals surface area contributed by atoms with Crippen molar-refractivity contribution in [1.82, 2.24) is 5.16 Å². The van der Waals surface area contributed by atoms with Crippen LogP contribution in [0.5, 0.6) is 17.2 Å². The zero-order valence-corrected chi connectivity index (χ0v) is 18.2. The summed E-state index contributed by atoms with van der Waals surface area (Å²) in [5.74, 6) is 1.87. The Bertz CT molecular complexity index is 1170. The fraction of sp³-hybridized carbons (Fsp3) is 0.174. The van der Waals surface area contributed by atoms with Crippen molar-refractivity contribution in [2.75, 3.05) is 25.6 Å². The average molecular weight is 454 g/mol. The number of hydrogen-bond donors (Lipinski definition) is 1. The van der Waals surface area contributed by atoms with Crippen molar-refractivity contribution in [2.24, 2.45) is 0 Å². The minimum absolute atomic E-state index is 0.111. The molecule has 8 nitrogen and oxygen atoms in total. The molecule has 0 saturated carbocycles. The molecule has 0 saturated heterocycles. The maximum Gasteiger partial charge on any atom is 0.267 e. The van der Waals surface area contributed by atoms with Crippen LogP contribution in [0.3, 0.4) is 0 Å². The lowest BCUT2D eigenvalue weighted by Crippen LogP contribution is -2.13. The largest absolute Gasteiger partial charge is 0.493 e. The number of hydrogen-bond acceptors (Lipinski definition) is 7. The number of carbonyl (C=O) groups is 1. The van der Waals surface area contributed by atoms with E-state index in [-0.39, 0.29) is 18.0 Å². The smallest absolute Gasteiger partial charge is 0.267 e. The van der Waals surface area contributed by atoms with E-state index in [0.717, 1.165) is 0 Å². The van der Waals surface area contributed by atoms with E-state index in [9.17, 15) is 10.1 Å². The molecule has 1 N–H and O–H groups in total. The van der Waals surface area contributed by atoms with Crippen LogP contribution in [0.1, 0.15) is 11.3 Å². The monoisotopic (exact) mass is 453 g/mol. The first-order chi connectivity index (χ1) is 15.5. The van der Waals surface area contributed by atoms with Crippen molar-refractivity contribution in [3.8, 4) is 23.3 Å². The number of methoxy groups -OCH3 is 1. The van der Waals surface area contributed by atoms with Gasteiger partial charge in [0.15, 0.2) is 17.3 Å². The molecule has 32 heavy (non-hydrogen) atoms. The molecule has 164 valence electrons. The van der Waals surface area contributed by atoms with Gasteiger partial charge in [0, 0.05) is 6.07 Å². The number of carbonyl (C=O) groups excluding carboxylic acids is 1. The normalized spacial score (nSPS) is 10.9. The van der Waals surface area contributed by atoms with Gasteiger partial charge in [0.05, 0.1) is 12.1 Å². The number of aryl methyl sites for hydroxylation is 1. The first kappa shape index (κ1) is 22.7. The number of nitrogens with zero attached hydrogens (tertiary/aromatic N) is 2. The van der Waals surface area contributed by atoms with Crippen molar-refractivity contribution in [3.63, 3.8) is 0 Å². The molecule has 0 atom stereocenters. The van der Waals surface area contributed by atoms with Gasteiger partial charge in [-0.2, -0.15) is 5.26 Å². The van der Waals surface area contributed by atoms with Crippen LogP contribution in [0.25, 0.3) is 6.08 Å². The molecule has 0 unspecified atom stereocenters. The molecule has 0 spiro atoms. The lowest BCUT2D eigenvalue weighted by molar-refractivity contribution is -0.112. The van der Waals surface area contributed by atoms with Crippen LogP contribution in [-0.4, -0.2) is 31.4 Å². The molecule has 0 aliphatic carbocycles. The molecule has 3 rings (SSSR count). The summed E-state index contributed by atoms with van der Waals surface area (Å²) in [4.78, 5) is 12.3. The Hall–Kier alpha value is -3.96. The summed E-state index contributed by atoms with van der Waals surface area (Å²) < 4.78 is 21.5. The van der Waals surface area contributed by atoms with Crippen LogP contribution < -0.4 is 19.5 Å². The van der Waals surface area contributed by atoms with Gasteiger partial charge in [0.2, 0.25) is 0 Å². The number of nitriles is 1. The van der Waals surface area contributed by atoms with Gasteiger partial charge in [-0.15, -0.1) is 0 Å². The maximum atomic E-state index is 12.3. The standard InChI is InChI=1S/C23H20ClN3O5/c1-15-11-22(27-32-15)26-23(28)17(14-25)12-16-7-8-19(18(24)13-16)30-9-10-31-21-6-4-3-5-20(21)29-2/h3-8,11-13H,9-10H2,1-2H3,(H,26,27,28)/b17-12-. The van der Waals surface area contributed by atoms with Crippen molar-refractivity contribution in [2.45, 2.75) is 6.92 Å². The van der Waals surface area contributed by atoms with Gasteiger partial charge in [-0.1, -0.05) is 35.0 Å². The Kier molecular flexibility index (Phi) is 7.73. The Morgan fingerprint density at radius 1 is 1.16 bits per heavy atom. The number of para-hydroxylation sites is 2. The van der Waals surface area contributed by atoms with Crippen LogP contribution in [0.4, 0.5) is 5.82 Å². The highest BCUT2D eigenvalue weighted by Crippen LogP contribution is 2.28. The van der Waals surface area contributed by atoms with E-state index < -0.39 is 5.91 Å². The number of anilines is 1. The van der Waals surface area contributed by atoms with E-state index in [0.29, 0.717) is 40.2 Å². The summed E-state index contributed by atoms with van der Waals surface area (Å²) in [5, 5.41) is 15.8. The molecule has 9 heteroatoms. The highest BCUT2D eigenvalue weighted by Gasteiger charge is 2.12. The maximum absolute atomic E-state index is 12.3. The van der Waals surface area contributed by atoms with Crippen molar-refractivity contribution < 1.29 is 23.5 Å².